The Morgan fingerprint density at radius 3 is 2.90 bits per heavy atom. The summed E-state index contributed by atoms with van der Waals surface area (Å²) in [5, 5.41) is 0. The van der Waals surface area contributed by atoms with E-state index in [2.05, 4.69) is 31.7 Å². The average Bonchev–Trinajstić information content (AvgIpc) is 2.31. The zero-order valence-electron chi connectivity index (χ0n) is 6.30. The highest BCUT2D eigenvalue weighted by Gasteiger charge is 1.97. The van der Waals surface area contributed by atoms with E-state index >= 15 is 0 Å². The Hall–Kier alpha value is -1.04. The van der Waals surface area contributed by atoms with Crippen molar-refractivity contribution in [2.75, 3.05) is 0 Å². The molecule has 52 valence electrons. The Morgan fingerprint density at radius 1 is 1.60 bits per heavy atom. The van der Waals surface area contributed by atoms with Gasteiger partial charge in [-0.15, -0.1) is 0 Å². The lowest BCUT2D eigenvalue weighted by atomic mass is 10.1. The van der Waals surface area contributed by atoms with Crippen molar-refractivity contribution in [2.24, 2.45) is 0 Å². The van der Waals surface area contributed by atoms with Gasteiger partial charge in [0.2, 0.25) is 0 Å². The number of hydrogen-bond donors (Lipinski definition) is 0. The lowest BCUT2D eigenvalue weighted by molar-refractivity contribution is 1.22. The van der Waals surface area contributed by atoms with Gasteiger partial charge in [-0.3, -0.25) is 0 Å². The van der Waals surface area contributed by atoms with Crippen LogP contribution in [0.1, 0.15) is 13.3 Å². The molecule has 0 amide bonds. The fourth-order valence-electron chi connectivity index (χ4n) is 0.879. The normalized spacial score (nSPS) is 16.9. The van der Waals surface area contributed by atoms with Crippen LogP contribution >= 0.6 is 0 Å². The van der Waals surface area contributed by atoms with Crippen LogP contribution in [0.2, 0.25) is 0 Å². The molecular weight excluding hydrogens is 120 g/mol. The third-order valence-corrected chi connectivity index (χ3v) is 1.48. The van der Waals surface area contributed by atoms with E-state index in [0.29, 0.717) is 0 Å². The highest BCUT2D eigenvalue weighted by atomic mass is 14.0. The predicted molar refractivity (Wildman–Crippen MR) is 45.8 cm³/mol. The van der Waals surface area contributed by atoms with Gasteiger partial charge in [0.15, 0.2) is 0 Å². The maximum absolute atomic E-state index is 3.88. The Kier molecular flexibility index (Phi) is 2.27. The van der Waals surface area contributed by atoms with Gasteiger partial charge in [-0.1, -0.05) is 43.9 Å². The van der Waals surface area contributed by atoms with Crippen molar-refractivity contribution >= 4 is 0 Å². The van der Waals surface area contributed by atoms with E-state index in [9.17, 15) is 0 Å². The first kappa shape index (κ1) is 7.07. The fraction of sp³-hybridized carbons (Fsp3) is 0.200. The molecule has 0 heterocycles. The van der Waals surface area contributed by atoms with Crippen molar-refractivity contribution in [1.82, 2.24) is 0 Å². The van der Waals surface area contributed by atoms with Crippen LogP contribution in [0.15, 0.2) is 48.1 Å². The smallest absolute Gasteiger partial charge is 0.0193 e. The van der Waals surface area contributed by atoms with Gasteiger partial charge in [-0.05, 0) is 17.6 Å². The molecule has 0 spiro atoms. The first-order valence-electron chi connectivity index (χ1n) is 3.58. The van der Waals surface area contributed by atoms with Crippen molar-refractivity contribution in [1.29, 1.82) is 0 Å². The molecule has 1 rings (SSSR count). The summed E-state index contributed by atoms with van der Waals surface area (Å²) in [7, 11) is 0. The standard InChI is InChI=1S/C10H12/c1-3-4-7-10-8-5-6-9(10)2/h4-8H,2-3H2,1H3. The third-order valence-electron chi connectivity index (χ3n) is 1.48. The Bertz CT molecular complexity index is 214. The molecule has 0 atom stereocenters. The third kappa shape index (κ3) is 1.47. The quantitative estimate of drug-likeness (QED) is 0.541. The van der Waals surface area contributed by atoms with Crippen molar-refractivity contribution < 1.29 is 0 Å². The van der Waals surface area contributed by atoms with Gasteiger partial charge in [-0.2, -0.15) is 0 Å². The van der Waals surface area contributed by atoms with E-state index in [-0.39, 0.29) is 0 Å². The summed E-state index contributed by atoms with van der Waals surface area (Å²) in [6.45, 7) is 6.01. The summed E-state index contributed by atoms with van der Waals surface area (Å²) in [6.07, 6.45) is 11.5. The molecule has 0 saturated heterocycles. The lowest BCUT2D eigenvalue weighted by Crippen LogP contribution is -1.73. The molecule has 0 aromatic rings. The van der Waals surface area contributed by atoms with Crippen LogP contribution in [0.5, 0.6) is 0 Å². The van der Waals surface area contributed by atoms with Crippen molar-refractivity contribution in [3.8, 4) is 0 Å². The SMILES string of the molecule is C=C1C=CC=C1C=CCC. The molecule has 0 aliphatic heterocycles. The molecule has 1 aliphatic carbocycles. The van der Waals surface area contributed by atoms with E-state index < -0.39 is 0 Å². The van der Waals surface area contributed by atoms with Crippen LogP contribution < -0.4 is 0 Å². The summed E-state index contributed by atoms with van der Waals surface area (Å²) < 4.78 is 0. The zero-order valence-corrected chi connectivity index (χ0v) is 6.30. The molecular formula is C10H12. The molecule has 0 bridgehead atoms. The van der Waals surface area contributed by atoms with Gasteiger partial charge in [-0.25, -0.2) is 0 Å². The fourth-order valence-corrected chi connectivity index (χ4v) is 0.879. The largest absolute Gasteiger partial charge is 0.0912 e. The molecule has 0 fully saturated rings. The van der Waals surface area contributed by atoms with Gasteiger partial charge < -0.3 is 0 Å². The van der Waals surface area contributed by atoms with Crippen LogP contribution in [0.25, 0.3) is 0 Å². The average molecular weight is 132 g/mol. The topological polar surface area (TPSA) is 0 Å². The van der Waals surface area contributed by atoms with Crippen molar-refractivity contribution in [3.63, 3.8) is 0 Å². The second-order valence-electron chi connectivity index (χ2n) is 2.32. The van der Waals surface area contributed by atoms with Gasteiger partial charge in [0.25, 0.3) is 0 Å². The monoisotopic (exact) mass is 132 g/mol. The van der Waals surface area contributed by atoms with Crippen molar-refractivity contribution in [2.45, 2.75) is 13.3 Å². The minimum atomic E-state index is 1.09. The minimum absolute atomic E-state index is 1.09. The summed E-state index contributed by atoms with van der Waals surface area (Å²) >= 11 is 0. The molecule has 0 nitrogen and oxygen atoms in total. The Morgan fingerprint density at radius 2 is 2.40 bits per heavy atom. The molecule has 0 N–H and O–H groups in total. The minimum Gasteiger partial charge on any atom is -0.0912 e. The molecule has 0 aromatic carbocycles. The highest BCUT2D eigenvalue weighted by Crippen LogP contribution is 2.16. The van der Waals surface area contributed by atoms with E-state index in [0.717, 1.165) is 12.0 Å². The summed E-state index contributed by atoms with van der Waals surface area (Å²) in [5.74, 6) is 0. The Labute approximate surface area is 62.3 Å². The van der Waals surface area contributed by atoms with Gasteiger partial charge in [0, 0.05) is 0 Å². The van der Waals surface area contributed by atoms with Gasteiger partial charge >= 0.3 is 0 Å². The van der Waals surface area contributed by atoms with Crippen molar-refractivity contribution in [3.05, 3.63) is 48.1 Å². The van der Waals surface area contributed by atoms with Crippen LogP contribution in [0, 0.1) is 0 Å². The maximum Gasteiger partial charge on any atom is -0.0193 e. The van der Waals surface area contributed by atoms with E-state index in [1.54, 1.807) is 0 Å². The number of allylic oxidation sites excluding steroid dienone is 7. The summed E-state index contributed by atoms with van der Waals surface area (Å²) in [6, 6.07) is 0. The van der Waals surface area contributed by atoms with Gasteiger partial charge in [0.05, 0.1) is 0 Å². The van der Waals surface area contributed by atoms with Crippen LogP contribution in [0.4, 0.5) is 0 Å². The predicted octanol–water partition coefficient (Wildman–Crippen LogP) is 3.01. The molecule has 0 heteroatoms. The van der Waals surface area contributed by atoms with Crippen LogP contribution in [-0.4, -0.2) is 0 Å². The molecule has 10 heavy (non-hydrogen) atoms. The summed E-state index contributed by atoms with van der Waals surface area (Å²) in [5.41, 5.74) is 2.35. The Balaban J connectivity index is 2.60. The second-order valence-corrected chi connectivity index (χ2v) is 2.32. The molecule has 0 unspecified atom stereocenters. The molecule has 0 saturated carbocycles. The zero-order chi connectivity index (χ0) is 7.40. The van der Waals surface area contributed by atoms with Crippen LogP contribution in [0.3, 0.4) is 0 Å². The first-order chi connectivity index (χ1) is 4.84. The lowest BCUT2D eigenvalue weighted by Gasteiger charge is -1.92. The van der Waals surface area contributed by atoms with E-state index in [1.165, 1.54) is 5.57 Å². The first-order valence-corrected chi connectivity index (χ1v) is 3.58. The highest BCUT2D eigenvalue weighted by molar-refractivity contribution is 5.52. The molecule has 0 aromatic heterocycles. The molecule has 0 radical (unpaired) electrons. The maximum atomic E-state index is 3.88. The number of rotatable bonds is 2. The van der Waals surface area contributed by atoms with E-state index in [4.69, 9.17) is 0 Å². The summed E-state index contributed by atoms with van der Waals surface area (Å²) in [4.78, 5) is 0. The van der Waals surface area contributed by atoms with Crippen LogP contribution in [-0.2, 0) is 0 Å². The van der Waals surface area contributed by atoms with E-state index in [1.807, 2.05) is 12.2 Å². The second kappa shape index (κ2) is 3.21. The van der Waals surface area contributed by atoms with Gasteiger partial charge in [0.1, 0.15) is 0 Å². The number of hydrogen-bond acceptors (Lipinski definition) is 0. The molecule has 1 aliphatic rings.